The minimum atomic E-state index is -1.37. The van der Waals surface area contributed by atoms with E-state index < -0.39 is 40.8 Å². The van der Waals surface area contributed by atoms with E-state index in [9.17, 15) is 28.6 Å². The van der Waals surface area contributed by atoms with E-state index in [1.165, 1.54) is 36.4 Å². The average molecular weight is 495 g/mol. The molecule has 1 aliphatic heterocycles. The second-order valence-corrected chi connectivity index (χ2v) is 7.88. The molecule has 1 aliphatic rings. The van der Waals surface area contributed by atoms with Crippen molar-refractivity contribution in [2.75, 3.05) is 18.1 Å². The molecule has 1 unspecified atom stereocenters. The number of carbonyl (C=O) groups excluding carboxylic acids is 2. The number of carbonyl (C=O) groups is 2. The average Bonchev–Trinajstić information content (AvgIpc) is 3.11. The monoisotopic (exact) mass is 495 g/mol. The molecular weight excluding hydrogens is 472 g/mol. The van der Waals surface area contributed by atoms with Gasteiger partial charge in [-0.1, -0.05) is 12.1 Å². The first kappa shape index (κ1) is 24.7. The maximum absolute atomic E-state index is 14.8. The van der Waals surface area contributed by atoms with Crippen LogP contribution in [-0.2, 0) is 9.59 Å². The van der Waals surface area contributed by atoms with E-state index in [4.69, 9.17) is 9.47 Å². The Hall–Kier alpha value is -4.40. The summed E-state index contributed by atoms with van der Waals surface area (Å²) in [6.45, 7) is 4.15. The van der Waals surface area contributed by atoms with Crippen molar-refractivity contribution in [3.05, 3.63) is 89.0 Å². The van der Waals surface area contributed by atoms with Gasteiger partial charge in [0.05, 0.1) is 36.1 Å². The lowest BCUT2D eigenvalue weighted by Crippen LogP contribution is -2.30. The van der Waals surface area contributed by atoms with Crippen LogP contribution in [0.2, 0.25) is 0 Å². The first-order valence-corrected chi connectivity index (χ1v) is 11.2. The van der Waals surface area contributed by atoms with Gasteiger partial charge in [0, 0.05) is 12.1 Å². The van der Waals surface area contributed by atoms with Gasteiger partial charge in [0.1, 0.15) is 34.6 Å². The summed E-state index contributed by atoms with van der Waals surface area (Å²) in [7, 11) is 0. The number of amides is 1. The number of ketones is 1. The maximum Gasteiger partial charge on any atom is 0.300 e. The highest BCUT2D eigenvalue weighted by molar-refractivity contribution is 6.51. The Bertz CT molecular complexity index is 1370. The van der Waals surface area contributed by atoms with Gasteiger partial charge in [0.2, 0.25) is 0 Å². The molecule has 1 fully saturated rings. The highest BCUT2D eigenvalue weighted by atomic mass is 19.1. The van der Waals surface area contributed by atoms with Gasteiger partial charge in [0.15, 0.2) is 0 Å². The molecule has 0 saturated carbocycles. The summed E-state index contributed by atoms with van der Waals surface area (Å²) in [6, 6.07) is 11.3. The molecule has 3 aromatic carbocycles. The van der Waals surface area contributed by atoms with Gasteiger partial charge >= 0.3 is 0 Å². The normalized spacial score (nSPS) is 16.9. The number of Topliss-reactive ketones (excluding diaryl/α,β-unsaturated/α-hetero) is 1. The van der Waals surface area contributed by atoms with Crippen LogP contribution in [0, 0.1) is 11.6 Å². The highest BCUT2D eigenvalue weighted by Crippen LogP contribution is 2.45. The third kappa shape index (κ3) is 4.47. The van der Waals surface area contributed by atoms with E-state index in [0.29, 0.717) is 12.4 Å². The van der Waals surface area contributed by atoms with Crippen LogP contribution in [0.15, 0.2) is 66.2 Å². The van der Waals surface area contributed by atoms with E-state index in [2.05, 4.69) is 0 Å². The fourth-order valence-electron chi connectivity index (χ4n) is 4.14. The number of aromatic hydroxyl groups is 1. The van der Waals surface area contributed by atoms with Gasteiger partial charge in [-0.25, -0.2) is 8.78 Å². The lowest BCUT2D eigenvalue weighted by Gasteiger charge is -2.26. The summed E-state index contributed by atoms with van der Waals surface area (Å²) in [5.74, 6) is -4.16. The Morgan fingerprint density at radius 1 is 0.972 bits per heavy atom. The first-order valence-electron chi connectivity index (χ1n) is 11.2. The Morgan fingerprint density at radius 3 is 2.42 bits per heavy atom. The van der Waals surface area contributed by atoms with Gasteiger partial charge in [-0.2, -0.15) is 0 Å². The molecule has 0 aliphatic carbocycles. The third-order valence-corrected chi connectivity index (χ3v) is 5.62. The topological polar surface area (TPSA) is 96.3 Å². The Balaban J connectivity index is 1.98. The van der Waals surface area contributed by atoms with E-state index in [0.717, 1.165) is 23.1 Å². The number of ether oxygens (including phenoxy) is 2. The Morgan fingerprint density at radius 2 is 1.72 bits per heavy atom. The van der Waals surface area contributed by atoms with Crippen molar-refractivity contribution in [2.24, 2.45) is 0 Å². The fourth-order valence-corrected chi connectivity index (χ4v) is 4.14. The summed E-state index contributed by atoms with van der Waals surface area (Å²) in [4.78, 5) is 27.2. The predicted molar refractivity (Wildman–Crippen MR) is 128 cm³/mol. The van der Waals surface area contributed by atoms with Crippen LogP contribution in [-0.4, -0.2) is 35.1 Å². The number of phenols is 1. The van der Waals surface area contributed by atoms with Crippen molar-refractivity contribution in [2.45, 2.75) is 19.9 Å². The largest absolute Gasteiger partial charge is 0.508 e. The van der Waals surface area contributed by atoms with Crippen molar-refractivity contribution >= 4 is 23.1 Å². The third-order valence-electron chi connectivity index (χ3n) is 5.62. The summed E-state index contributed by atoms with van der Waals surface area (Å²) >= 11 is 0. The molecule has 1 atom stereocenters. The number of anilines is 1. The second-order valence-electron chi connectivity index (χ2n) is 7.88. The van der Waals surface area contributed by atoms with Gasteiger partial charge in [-0.15, -0.1) is 0 Å². The number of benzene rings is 3. The van der Waals surface area contributed by atoms with E-state index in [1.807, 2.05) is 0 Å². The zero-order valence-corrected chi connectivity index (χ0v) is 19.5. The van der Waals surface area contributed by atoms with Crippen molar-refractivity contribution in [1.82, 2.24) is 0 Å². The molecule has 1 saturated heterocycles. The quantitative estimate of drug-likeness (QED) is 0.269. The molecule has 9 heteroatoms. The molecule has 1 amide bonds. The molecule has 0 radical (unpaired) electrons. The van der Waals surface area contributed by atoms with Crippen LogP contribution in [0.1, 0.15) is 31.0 Å². The van der Waals surface area contributed by atoms with E-state index in [-0.39, 0.29) is 34.8 Å². The minimum absolute atomic E-state index is 0.100. The summed E-state index contributed by atoms with van der Waals surface area (Å²) in [5, 5.41) is 21.4. The summed E-state index contributed by atoms with van der Waals surface area (Å²) in [6.07, 6.45) is 0. The number of halogens is 2. The molecule has 4 rings (SSSR count). The number of rotatable bonds is 7. The number of hydrogen-bond acceptors (Lipinski definition) is 6. The Kier molecular flexibility index (Phi) is 6.91. The molecule has 3 aromatic rings. The molecule has 0 aromatic heterocycles. The molecule has 0 bridgehead atoms. The van der Waals surface area contributed by atoms with Crippen LogP contribution in [0.4, 0.5) is 14.5 Å². The van der Waals surface area contributed by atoms with Gasteiger partial charge in [-0.3, -0.25) is 14.5 Å². The fraction of sp³-hybridized carbons (Fsp3) is 0.185. The predicted octanol–water partition coefficient (Wildman–Crippen LogP) is 5.09. The molecule has 36 heavy (non-hydrogen) atoms. The smallest absolute Gasteiger partial charge is 0.300 e. The maximum atomic E-state index is 14.8. The SMILES string of the molecule is CCOc1ccc(/C(O)=C2/C(=O)C(=O)N(c3cc(F)ccc3F)C2c2cccc(O)c2)c(OCC)c1. The molecule has 2 N–H and O–H groups in total. The molecule has 0 spiro atoms. The zero-order chi connectivity index (χ0) is 26.0. The number of aliphatic hydroxyl groups is 1. The van der Waals surface area contributed by atoms with E-state index in [1.54, 1.807) is 19.9 Å². The number of aliphatic hydroxyl groups excluding tert-OH is 1. The van der Waals surface area contributed by atoms with Gasteiger partial charge in [-0.05, 0) is 55.8 Å². The minimum Gasteiger partial charge on any atom is -0.508 e. The number of hydrogen-bond donors (Lipinski definition) is 2. The van der Waals surface area contributed by atoms with Crippen molar-refractivity contribution in [3.8, 4) is 17.2 Å². The van der Waals surface area contributed by atoms with E-state index >= 15 is 0 Å². The second kappa shape index (κ2) is 10.1. The molecular formula is C27H23F2NO6. The highest BCUT2D eigenvalue weighted by Gasteiger charge is 2.48. The first-order chi connectivity index (χ1) is 17.3. The van der Waals surface area contributed by atoms with Crippen molar-refractivity contribution < 1.29 is 38.1 Å². The molecule has 7 nitrogen and oxygen atoms in total. The number of nitrogens with zero attached hydrogens (tertiary/aromatic N) is 1. The molecule has 186 valence electrons. The van der Waals surface area contributed by atoms with Gasteiger partial charge in [0.25, 0.3) is 11.7 Å². The Labute approximate surface area is 205 Å². The number of phenolic OH excluding ortho intramolecular Hbond substituents is 1. The summed E-state index contributed by atoms with van der Waals surface area (Å²) < 4.78 is 40.0. The van der Waals surface area contributed by atoms with Gasteiger partial charge < -0.3 is 19.7 Å². The lowest BCUT2D eigenvalue weighted by molar-refractivity contribution is -0.132. The van der Waals surface area contributed by atoms with Crippen LogP contribution in [0.25, 0.3) is 5.76 Å². The molecule has 1 heterocycles. The lowest BCUT2D eigenvalue weighted by atomic mass is 9.94. The van der Waals surface area contributed by atoms with Crippen LogP contribution in [0.3, 0.4) is 0 Å². The standard InChI is InChI=1S/C27H23F2NO6/c1-3-35-18-9-10-19(22(14-18)36-4-2)25(32)23-24(15-6-5-7-17(31)12-15)30(27(34)26(23)33)21-13-16(28)8-11-20(21)29/h5-14,24,31-32H,3-4H2,1-2H3/b25-23-. The van der Waals surface area contributed by atoms with Crippen molar-refractivity contribution in [3.63, 3.8) is 0 Å². The van der Waals surface area contributed by atoms with Crippen molar-refractivity contribution in [1.29, 1.82) is 0 Å². The summed E-state index contributed by atoms with van der Waals surface area (Å²) in [5.41, 5.74) is -0.563. The zero-order valence-electron chi connectivity index (χ0n) is 19.5. The van der Waals surface area contributed by atoms with Crippen LogP contribution < -0.4 is 14.4 Å². The van der Waals surface area contributed by atoms with Crippen LogP contribution >= 0.6 is 0 Å². The van der Waals surface area contributed by atoms with Crippen LogP contribution in [0.5, 0.6) is 17.2 Å².